The largest absolute Gasteiger partial charge is 0.488 e. The summed E-state index contributed by atoms with van der Waals surface area (Å²) >= 11 is 0. The zero-order chi connectivity index (χ0) is 16.6. The van der Waals surface area contributed by atoms with Crippen LogP contribution < -0.4 is 10.1 Å². The Morgan fingerprint density at radius 1 is 1.32 bits per heavy atom. The lowest BCUT2D eigenvalue weighted by atomic mass is 9.93. The summed E-state index contributed by atoms with van der Waals surface area (Å²) in [5.74, 6) is 1.13. The van der Waals surface area contributed by atoms with Gasteiger partial charge in [0.15, 0.2) is 0 Å². The number of rotatable bonds is 0. The molecule has 120 valence electrons. The SMILES string of the molecule is CC1(C)CCc2cc(C#N)ccc2O1.CO.O=C1CCCN1. The fourth-order valence-electron chi connectivity index (χ4n) is 2.29. The van der Waals surface area contributed by atoms with E-state index >= 15 is 0 Å². The van der Waals surface area contributed by atoms with E-state index in [4.69, 9.17) is 15.1 Å². The van der Waals surface area contributed by atoms with E-state index in [1.54, 1.807) is 6.07 Å². The number of hydrogen-bond acceptors (Lipinski definition) is 4. The number of amides is 1. The molecule has 0 saturated carbocycles. The second-order valence-electron chi connectivity index (χ2n) is 5.75. The Labute approximate surface area is 131 Å². The topological polar surface area (TPSA) is 82.3 Å². The van der Waals surface area contributed by atoms with Gasteiger partial charge < -0.3 is 15.2 Å². The maximum Gasteiger partial charge on any atom is 0.220 e. The van der Waals surface area contributed by atoms with Crippen molar-refractivity contribution in [1.82, 2.24) is 5.32 Å². The standard InChI is InChI=1S/C12H13NO.C4H7NO.CH4O/c1-12(2)6-5-10-7-9(8-13)3-4-11(10)14-12;6-4-2-1-3-5-4;1-2/h3-4,7H,5-6H2,1-2H3;1-3H2,(H,5,6);2H,1H3. The van der Waals surface area contributed by atoms with Crippen molar-refractivity contribution in [2.45, 2.75) is 45.1 Å². The van der Waals surface area contributed by atoms with Gasteiger partial charge in [-0.15, -0.1) is 0 Å². The zero-order valence-corrected chi connectivity index (χ0v) is 13.5. The molecule has 0 unspecified atom stereocenters. The summed E-state index contributed by atoms with van der Waals surface area (Å²) in [6.45, 7) is 5.07. The summed E-state index contributed by atoms with van der Waals surface area (Å²) in [5, 5.41) is 18.4. The van der Waals surface area contributed by atoms with Crippen LogP contribution in [0.2, 0.25) is 0 Å². The van der Waals surface area contributed by atoms with Crippen LogP contribution in [0, 0.1) is 11.3 Å². The van der Waals surface area contributed by atoms with Crippen molar-refractivity contribution in [3.05, 3.63) is 29.3 Å². The third-order valence-corrected chi connectivity index (χ3v) is 3.48. The van der Waals surface area contributed by atoms with Gasteiger partial charge in [0.2, 0.25) is 5.91 Å². The normalized spacial score (nSPS) is 17.3. The van der Waals surface area contributed by atoms with Gasteiger partial charge in [0, 0.05) is 20.1 Å². The van der Waals surface area contributed by atoms with Crippen LogP contribution in [-0.2, 0) is 11.2 Å². The molecule has 0 atom stereocenters. The quantitative estimate of drug-likeness (QED) is 0.769. The van der Waals surface area contributed by atoms with Crippen LogP contribution in [0.1, 0.15) is 44.2 Å². The van der Waals surface area contributed by atoms with Gasteiger partial charge in [-0.2, -0.15) is 5.26 Å². The first kappa shape index (κ1) is 18.0. The summed E-state index contributed by atoms with van der Waals surface area (Å²) in [6, 6.07) is 7.77. The fraction of sp³-hybridized carbons (Fsp3) is 0.529. The highest BCUT2D eigenvalue weighted by atomic mass is 16.5. The van der Waals surface area contributed by atoms with E-state index in [-0.39, 0.29) is 11.5 Å². The number of nitrogens with one attached hydrogen (secondary N) is 1. The minimum absolute atomic E-state index is 0.0683. The highest BCUT2D eigenvalue weighted by molar-refractivity contribution is 5.77. The van der Waals surface area contributed by atoms with Crippen molar-refractivity contribution in [3.63, 3.8) is 0 Å². The van der Waals surface area contributed by atoms with E-state index in [2.05, 4.69) is 25.2 Å². The highest BCUT2D eigenvalue weighted by Crippen LogP contribution is 2.33. The van der Waals surface area contributed by atoms with Crippen molar-refractivity contribution in [2.24, 2.45) is 0 Å². The van der Waals surface area contributed by atoms with Crippen LogP contribution in [0.5, 0.6) is 5.75 Å². The highest BCUT2D eigenvalue weighted by Gasteiger charge is 2.26. The van der Waals surface area contributed by atoms with E-state index in [9.17, 15) is 4.79 Å². The molecule has 5 heteroatoms. The van der Waals surface area contributed by atoms with Crippen molar-refractivity contribution in [1.29, 1.82) is 5.26 Å². The first-order chi connectivity index (χ1) is 10.5. The molecule has 2 aliphatic rings. The molecule has 1 amide bonds. The predicted octanol–water partition coefficient (Wildman–Crippen LogP) is 2.17. The summed E-state index contributed by atoms with van der Waals surface area (Å²) in [6.07, 6.45) is 3.77. The lowest BCUT2D eigenvalue weighted by Crippen LogP contribution is -2.32. The Balaban J connectivity index is 0.000000253. The second-order valence-corrected chi connectivity index (χ2v) is 5.75. The maximum absolute atomic E-state index is 10.1. The minimum atomic E-state index is -0.0683. The number of carbonyl (C=O) groups is 1. The summed E-state index contributed by atoms with van der Waals surface area (Å²) < 4.78 is 5.81. The molecule has 0 bridgehead atoms. The van der Waals surface area contributed by atoms with Crippen LogP contribution in [0.15, 0.2) is 18.2 Å². The number of aliphatic hydroxyl groups excluding tert-OH is 1. The van der Waals surface area contributed by atoms with E-state index in [0.29, 0.717) is 5.56 Å². The summed E-state index contributed by atoms with van der Waals surface area (Å²) in [7, 11) is 1.00. The average molecular weight is 304 g/mol. The van der Waals surface area contributed by atoms with Crippen LogP contribution in [0.3, 0.4) is 0 Å². The average Bonchev–Trinajstić information content (AvgIpc) is 3.00. The molecule has 2 aliphatic heterocycles. The predicted molar refractivity (Wildman–Crippen MR) is 84.6 cm³/mol. The number of fused-ring (bicyclic) bond motifs is 1. The lowest BCUT2D eigenvalue weighted by Gasteiger charge is -2.32. The van der Waals surface area contributed by atoms with E-state index < -0.39 is 0 Å². The number of ether oxygens (including phenoxy) is 1. The number of aryl methyl sites for hydroxylation is 1. The molecule has 2 N–H and O–H groups in total. The molecule has 5 nitrogen and oxygen atoms in total. The number of nitriles is 1. The Kier molecular flexibility index (Phi) is 6.87. The third kappa shape index (κ3) is 5.38. The number of aliphatic hydroxyl groups is 1. The molecule has 1 saturated heterocycles. The molecule has 0 aliphatic carbocycles. The second kappa shape index (κ2) is 8.40. The third-order valence-electron chi connectivity index (χ3n) is 3.48. The molecule has 1 aromatic rings. The lowest BCUT2D eigenvalue weighted by molar-refractivity contribution is -0.119. The number of carbonyl (C=O) groups excluding carboxylic acids is 1. The van der Waals surface area contributed by atoms with E-state index in [0.717, 1.165) is 50.7 Å². The van der Waals surface area contributed by atoms with Gasteiger partial charge in [-0.25, -0.2) is 0 Å². The fourth-order valence-corrected chi connectivity index (χ4v) is 2.29. The van der Waals surface area contributed by atoms with Gasteiger partial charge in [-0.05, 0) is 56.9 Å². The molecule has 0 radical (unpaired) electrons. The summed E-state index contributed by atoms with van der Waals surface area (Å²) in [5.41, 5.74) is 1.80. The van der Waals surface area contributed by atoms with Gasteiger partial charge in [0.1, 0.15) is 11.4 Å². The van der Waals surface area contributed by atoms with Gasteiger partial charge in [0.05, 0.1) is 11.6 Å². The molecule has 1 aromatic carbocycles. The maximum atomic E-state index is 10.1. The van der Waals surface area contributed by atoms with Crippen molar-refractivity contribution >= 4 is 5.91 Å². The molecule has 0 aromatic heterocycles. The van der Waals surface area contributed by atoms with Gasteiger partial charge in [0.25, 0.3) is 0 Å². The van der Waals surface area contributed by atoms with Crippen LogP contribution in [0.25, 0.3) is 0 Å². The Morgan fingerprint density at radius 3 is 2.55 bits per heavy atom. The minimum Gasteiger partial charge on any atom is -0.488 e. The van der Waals surface area contributed by atoms with Crippen LogP contribution >= 0.6 is 0 Å². The molecule has 22 heavy (non-hydrogen) atoms. The van der Waals surface area contributed by atoms with Gasteiger partial charge in [-0.1, -0.05) is 0 Å². The van der Waals surface area contributed by atoms with Crippen molar-refractivity contribution < 1.29 is 14.6 Å². The molecule has 3 rings (SSSR count). The monoisotopic (exact) mass is 304 g/mol. The smallest absolute Gasteiger partial charge is 0.220 e. The molecule has 2 heterocycles. The van der Waals surface area contributed by atoms with Gasteiger partial charge >= 0.3 is 0 Å². The number of hydrogen-bond donors (Lipinski definition) is 2. The molecule has 1 fully saturated rings. The van der Waals surface area contributed by atoms with Crippen LogP contribution in [0.4, 0.5) is 0 Å². The van der Waals surface area contributed by atoms with Crippen molar-refractivity contribution in [3.8, 4) is 11.8 Å². The first-order valence-electron chi connectivity index (χ1n) is 7.44. The van der Waals surface area contributed by atoms with Crippen LogP contribution in [-0.4, -0.2) is 30.3 Å². The molecular weight excluding hydrogens is 280 g/mol. The molecule has 0 spiro atoms. The zero-order valence-electron chi connectivity index (χ0n) is 13.5. The van der Waals surface area contributed by atoms with E-state index in [1.807, 2.05) is 12.1 Å². The summed E-state index contributed by atoms with van der Waals surface area (Å²) in [4.78, 5) is 10.1. The Bertz CT molecular complexity index is 539. The molecular formula is C17H24N2O3. The Morgan fingerprint density at radius 2 is 2.05 bits per heavy atom. The number of benzene rings is 1. The first-order valence-corrected chi connectivity index (χ1v) is 7.44. The number of nitrogens with zero attached hydrogens (tertiary/aromatic N) is 1. The van der Waals surface area contributed by atoms with E-state index in [1.165, 1.54) is 0 Å². The van der Waals surface area contributed by atoms with Crippen molar-refractivity contribution in [2.75, 3.05) is 13.7 Å². The Hall–Kier alpha value is -2.06. The van der Waals surface area contributed by atoms with Gasteiger partial charge in [-0.3, -0.25) is 4.79 Å².